The van der Waals surface area contributed by atoms with E-state index in [9.17, 15) is 9.36 Å². The fourth-order valence-electron chi connectivity index (χ4n) is 0.449. The van der Waals surface area contributed by atoms with E-state index in [-0.39, 0.29) is 0 Å². The summed E-state index contributed by atoms with van der Waals surface area (Å²) < 4.78 is 13.7. The SMILES string of the molecule is N[C@H](C(=O)OP(=O)(O)O)[C@H](O)CO. The van der Waals surface area contributed by atoms with E-state index < -0.39 is 32.5 Å². The molecular weight excluding hydrogens is 205 g/mol. The lowest BCUT2D eigenvalue weighted by molar-refractivity contribution is -0.140. The Morgan fingerprint density at radius 2 is 2.00 bits per heavy atom. The molecule has 0 rings (SSSR count). The van der Waals surface area contributed by atoms with Crippen molar-refractivity contribution < 1.29 is 33.9 Å². The molecule has 78 valence electrons. The van der Waals surface area contributed by atoms with E-state index in [1.54, 1.807) is 0 Å². The molecule has 0 unspecified atom stereocenters. The van der Waals surface area contributed by atoms with Gasteiger partial charge in [-0.3, -0.25) is 9.79 Å². The number of hydrogen-bond acceptors (Lipinski definition) is 6. The van der Waals surface area contributed by atoms with Crippen LogP contribution in [0.5, 0.6) is 0 Å². The Labute approximate surface area is 73.2 Å². The molecule has 0 heterocycles. The van der Waals surface area contributed by atoms with E-state index in [1.165, 1.54) is 0 Å². The quantitative estimate of drug-likeness (QED) is 0.318. The first-order valence-electron chi connectivity index (χ1n) is 3.11. The zero-order chi connectivity index (χ0) is 10.6. The van der Waals surface area contributed by atoms with E-state index >= 15 is 0 Å². The normalized spacial score (nSPS) is 16.4. The molecule has 0 radical (unpaired) electrons. The minimum atomic E-state index is -4.95. The van der Waals surface area contributed by atoms with Crippen molar-refractivity contribution in [2.24, 2.45) is 5.73 Å². The molecule has 8 nitrogen and oxygen atoms in total. The molecule has 0 saturated heterocycles. The number of phosphoric acid groups is 1. The zero-order valence-corrected chi connectivity index (χ0v) is 7.29. The molecule has 0 aliphatic carbocycles. The second kappa shape index (κ2) is 4.66. The summed E-state index contributed by atoms with van der Waals surface area (Å²) in [6, 6.07) is -1.68. The van der Waals surface area contributed by atoms with Crippen LogP contribution in [0.3, 0.4) is 0 Å². The third-order valence-corrected chi connectivity index (χ3v) is 1.50. The highest BCUT2D eigenvalue weighted by molar-refractivity contribution is 7.46. The number of nitrogens with two attached hydrogens (primary N) is 1. The molecule has 0 fully saturated rings. The summed E-state index contributed by atoms with van der Waals surface area (Å²) in [5.74, 6) is -1.48. The van der Waals surface area contributed by atoms with Gasteiger partial charge in [0, 0.05) is 0 Å². The van der Waals surface area contributed by atoms with Crippen LogP contribution in [0.25, 0.3) is 0 Å². The molecule has 0 saturated carbocycles. The van der Waals surface area contributed by atoms with Gasteiger partial charge < -0.3 is 20.5 Å². The van der Waals surface area contributed by atoms with Gasteiger partial charge in [-0.25, -0.2) is 9.36 Å². The fraction of sp³-hybridized carbons (Fsp3) is 0.750. The van der Waals surface area contributed by atoms with Crippen molar-refractivity contribution in [3.63, 3.8) is 0 Å². The van der Waals surface area contributed by atoms with Gasteiger partial charge in [-0.2, -0.15) is 0 Å². The maximum absolute atomic E-state index is 10.6. The van der Waals surface area contributed by atoms with E-state index in [1.807, 2.05) is 0 Å². The highest BCUT2D eigenvalue weighted by atomic mass is 31.2. The van der Waals surface area contributed by atoms with Gasteiger partial charge in [0.15, 0.2) is 0 Å². The largest absolute Gasteiger partial charge is 0.527 e. The number of rotatable bonds is 4. The molecule has 0 aliphatic rings. The Morgan fingerprint density at radius 3 is 2.31 bits per heavy atom. The second-order valence-corrected chi connectivity index (χ2v) is 3.34. The summed E-state index contributed by atoms with van der Waals surface area (Å²) in [6.07, 6.45) is -1.61. The van der Waals surface area contributed by atoms with Crippen molar-refractivity contribution in [1.82, 2.24) is 0 Å². The Kier molecular flexibility index (Phi) is 4.48. The minimum absolute atomic E-state index is 0.808. The fourth-order valence-corrected chi connectivity index (χ4v) is 0.805. The van der Waals surface area contributed by atoms with Gasteiger partial charge in [-0.05, 0) is 0 Å². The standard InChI is InChI=1S/C4H10NO7P/c5-3(2(7)1-6)4(8)12-13(9,10)11/h2-3,6-7H,1,5H2,(H2,9,10,11)/t2-,3+/m1/s1. The third-order valence-electron chi connectivity index (χ3n) is 1.08. The molecule has 0 bridgehead atoms. The monoisotopic (exact) mass is 215 g/mol. The van der Waals surface area contributed by atoms with Gasteiger partial charge in [0.2, 0.25) is 0 Å². The first-order valence-corrected chi connectivity index (χ1v) is 4.64. The van der Waals surface area contributed by atoms with E-state index in [2.05, 4.69) is 4.52 Å². The van der Waals surface area contributed by atoms with Gasteiger partial charge >= 0.3 is 13.8 Å². The molecule has 2 atom stereocenters. The predicted octanol–water partition coefficient (Wildman–Crippen LogP) is -2.70. The molecule has 6 N–H and O–H groups in total. The van der Waals surface area contributed by atoms with Gasteiger partial charge in [-0.15, -0.1) is 0 Å². The molecule has 0 spiro atoms. The number of carbonyl (C=O) groups excluding carboxylic acids is 1. The average molecular weight is 215 g/mol. The maximum Gasteiger partial charge on any atom is 0.527 e. The first kappa shape index (κ1) is 12.5. The van der Waals surface area contributed by atoms with Crippen LogP contribution in [0.1, 0.15) is 0 Å². The lowest BCUT2D eigenvalue weighted by Gasteiger charge is -2.15. The number of aliphatic hydroxyl groups is 2. The molecule has 0 amide bonds. The number of aliphatic hydroxyl groups excluding tert-OH is 2. The van der Waals surface area contributed by atoms with Gasteiger partial charge in [0.1, 0.15) is 12.1 Å². The molecule has 9 heteroatoms. The van der Waals surface area contributed by atoms with E-state index in [0.717, 1.165) is 0 Å². The Hall–Kier alpha value is -0.500. The Balaban J connectivity index is 4.20. The zero-order valence-electron chi connectivity index (χ0n) is 6.40. The lowest BCUT2D eigenvalue weighted by atomic mass is 10.2. The number of carbonyl (C=O) groups is 1. The van der Waals surface area contributed by atoms with Crippen LogP contribution in [0.4, 0.5) is 0 Å². The summed E-state index contributed by atoms with van der Waals surface area (Å²) in [5, 5.41) is 17.1. The molecule has 0 aromatic heterocycles. The molecule has 0 aromatic carbocycles. The Morgan fingerprint density at radius 1 is 1.54 bits per heavy atom. The summed E-state index contributed by atoms with van der Waals surface area (Å²) in [5.41, 5.74) is 4.95. The first-order chi connectivity index (χ1) is 5.78. The maximum atomic E-state index is 10.6. The Bertz CT molecular complexity index is 225. The van der Waals surface area contributed by atoms with Crippen LogP contribution >= 0.6 is 7.82 Å². The van der Waals surface area contributed by atoms with Gasteiger partial charge in [-0.1, -0.05) is 0 Å². The molecule has 0 aromatic rings. The van der Waals surface area contributed by atoms with Crippen molar-refractivity contribution in [3.05, 3.63) is 0 Å². The van der Waals surface area contributed by atoms with Gasteiger partial charge in [0.25, 0.3) is 0 Å². The van der Waals surface area contributed by atoms with Crippen LogP contribution in [0, 0.1) is 0 Å². The van der Waals surface area contributed by atoms with Crippen LogP contribution in [-0.2, 0) is 13.9 Å². The summed E-state index contributed by atoms with van der Waals surface area (Å²) >= 11 is 0. The summed E-state index contributed by atoms with van der Waals surface area (Å²) in [4.78, 5) is 27.0. The number of phosphoric ester groups is 1. The van der Waals surface area contributed by atoms with Crippen LogP contribution < -0.4 is 5.73 Å². The molecule has 13 heavy (non-hydrogen) atoms. The highest BCUT2D eigenvalue weighted by Gasteiger charge is 2.29. The van der Waals surface area contributed by atoms with Crippen LogP contribution in [0.2, 0.25) is 0 Å². The summed E-state index contributed by atoms with van der Waals surface area (Å²) in [7, 11) is -4.95. The average Bonchev–Trinajstić information content (AvgIpc) is 1.98. The third kappa shape index (κ3) is 4.94. The van der Waals surface area contributed by atoms with E-state index in [0.29, 0.717) is 0 Å². The van der Waals surface area contributed by atoms with Crippen molar-refractivity contribution in [3.8, 4) is 0 Å². The molecule has 0 aliphatic heterocycles. The van der Waals surface area contributed by atoms with Crippen molar-refractivity contribution in [2.45, 2.75) is 12.1 Å². The van der Waals surface area contributed by atoms with Crippen molar-refractivity contribution in [2.75, 3.05) is 6.61 Å². The van der Waals surface area contributed by atoms with E-state index in [4.69, 9.17) is 25.7 Å². The lowest BCUT2D eigenvalue weighted by Crippen LogP contribution is -2.44. The second-order valence-electron chi connectivity index (χ2n) is 2.18. The minimum Gasteiger partial charge on any atom is -0.394 e. The summed E-state index contributed by atoms with van der Waals surface area (Å²) in [6.45, 7) is -0.808. The van der Waals surface area contributed by atoms with Crippen molar-refractivity contribution >= 4 is 13.8 Å². The predicted molar refractivity (Wildman–Crippen MR) is 39.2 cm³/mol. The topological polar surface area (TPSA) is 150 Å². The molecular formula is C4H10NO7P. The van der Waals surface area contributed by atoms with Crippen LogP contribution in [-0.4, -0.2) is 44.7 Å². The highest BCUT2D eigenvalue weighted by Crippen LogP contribution is 2.36. The smallest absolute Gasteiger partial charge is 0.394 e. The van der Waals surface area contributed by atoms with Crippen molar-refractivity contribution in [1.29, 1.82) is 0 Å². The van der Waals surface area contributed by atoms with Gasteiger partial charge in [0.05, 0.1) is 6.61 Å². The number of hydrogen-bond donors (Lipinski definition) is 5. The van der Waals surface area contributed by atoms with Crippen LogP contribution in [0.15, 0.2) is 0 Å².